The van der Waals surface area contributed by atoms with Crippen LogP contribution in [0.15, 0.2) is 28.7 Å². The summed E-state index contributed by atoms with van der Waals surface area (Å²) in [5.41, 5.74) is 0.279. The highest BCUT2D eigenvalue weighted by atomic mass is 79.9. The maximum absolute atomic E-state index is 13.6. The molecule has 112 valence electrons. The molecule has 2 rings (SSSR count). The summed E-state index contributed by atoms with van der Waals surface area (Å²) >= 11 is 3.23. The van der Waals surface area contributed by atoms with Crippen LogP contribution < -0.4 is 0 Å². The molecule has 0 radical (unpaired) electrons. The predicted octanol–water partition coefficient (Wildman–Crippen LogP) is 3.07. The molecule has 0 aromatic heterocycles. The summed E-state index contributed by atoms with van der Waals surface area (Å²) in [6, 6.07) is 3.64. The molecule has 1 heterocycles. The summed E-state index contributed by atoms with van der Waals surface area (Å²) in [6.07, 6.45) is 4.64. The van der Waals surface area contributed by atoms with Gasteiger partial charge in [0.15, 0.2) is 0 Å². The number of carboxylic acid groups (broad SMARTS) is 1. The number of rotatable bonds is 3. The first kappa shape index (κ1) is 15.7. The Morgan fingerprint density at radius 2 is 2.14 bits per heavy atom. The van der Waals surface area contributed by atoms with E-state index in [0.717, 1.165) is 12.8 Å². The Balaban J connectivity index is 2.14. The monoisotopic (exact) mass is 355 g/mol. The van der Waals surface area contributed by atoms with Gasteiger partial charge in [-0.2, -0.15) is 0 Å². The van der Waals surface area contributed by atoms with Gasteiger partial charge in [-0.25, -0.2) is 9.18 Å². The van der Waals surface area contributed by atoms with E-state index >= 15 is 0 Å². The number of halogens is 2. The minimum absolute atomic E-state index is 0.279. The molecule has 1 aliphatic heterocycles. The van der Waals surface area contributed by atoms with Crippen LogP contribution >= 0.6 is 15.9 Å². The molecule has 1 aliphatic rings. The average molecular weight is 356 g/mol. The Morgan fingerprint density at radius 3 is 2.86 bits per heavy atom. The molecule has 0 spiro atoms. The van der Waals surface area contributed by atoms with E-state index in [2.05, 4.69) is 15.9 Å². The number of likely N-dealkylation sites (tertiary alicyclic amines) is 1. The van der Waals surface area contributed by atoms with Gasteiger partial charge in [0.2, 0.25) is 5.91 Å². The quantitative estimate of drug-likeness (QED) is 0.847. The van der Waals surface area contributed by atoms with E-state index in [9.17, 15) is 14.0 Å². The molecule has 1 unspecified atom stereocenters. The lowest BCUT2D eigenvalue weighted by Crippen LogP contribution is -2.47. The molecule has 1 aromatic rings. The molecule has 1 N–H and O–H groups in total. The van der Waals surface area contributed by atoms with Crippen molar-refractivity contribution in [3.63, 3.8) is 0 Å². The molecule has 0 aliphatic carbocycles. The number of hydrogen-bond acceptors (Lipinski definition) is 2. The van der Waals surface area contributed by atoms with Gasteiger partial charge in [0.05, 0.1) is 0 Å². The molecular formula is C15H15BrFNO3. The van der Waals surface area contributed by atoms with Gasteiger partial charge in [-0.05, 0) is 43.5 Å². The molecule has 1 fully saturated rings. The van der Waals surface area contributed by atoms with Gasteiger partial charge in [-0.15, -0.1) is 0 Å². The SMILES string of the molecule is O=C(O)C1CCCCN1C(=O)/C=C/c1cc(Br)ccc1F. The number of amides is 1. The van der Waals surface area contributed by atoms with Crippen LogP contribution in [0.2, 0.25) is 0 Å². The highest BCUT2D eigenvalue weighted by Gasteiger charge is 2.30. The van der Waals surface area contributed by atoms with E-state index in [0.29, 0.717) is 17.4 Å². The van der Waals surface area contributed by atoms with E-state index in [1.54, 1.807) is 12.1 Å². The number of carbonyl (C=O) groups is 2. The van der Waals surface area contributed by atoms with Gasteiger partial charge in [0.1, 0.15) is 11.9 Å². The molecule has 21 heavy (non-hydrogen) atoms. The number of hydrogen-bond donors (Lipinski definition) is 1. The topological polar surface area (TPSA) is 57.6 Å². The van der Waals surface area contributed by atoms with Crippen molar-refractivity contribution >= 4 is 33.9 Å². The van der Waals surface area contributed by atoms with E-state index in [4.69, 9.17) is 5.11 Å². The van der Waals surface area contributed by atoms with Gasteiger partial charge < -0.3 is 10.0 Å². The smallest absolute Gasteiger partial charge is 0.326 e. The number of piperidine rings is 1. The number of carbonyl (C=O) groups excluding carboxylic acids is 1. The van der Waals surface area contributed by atoms with E-state index < -0.39 is 23.7 Å². The second-order valence-corrected chi connectivity index (χ2v) is 5.80. The highest BCUT2D eigenvalue weighted by Crippen LogP contribution is 2.19. The first-order chi connectivity index (χ1) is 9.99. The summed E-state index contributed by atoms with van der Waals surface area (Å²) in [7, 11) is 0. The van der Waals surface area contributed by atoms with Crippen molar-refractivity contribution in [2.24, 2.45) is 0 Å². The molecule has 0 saturated carbocycles. The van der Waals surface area contributed by atoms with Crippen LogP contribution in [0.4, 0.5) is 4.39 Å². The van der Waals surface area contributed by atoms with Crippen molar-refractivity contribution in [1.82, 2.24) is 4.90 Å². The zero-order valence-corrected chi connectivity index (χ0v) is 12.8. The second kappa shape index (κ2) is 6.85. The van der Waals surface area contributed by atoms with E-state index in [1.807, 2.05) is 0 Å². The number of aliphatic carboxylic acids is 1. The number of nitrogens with zero attached hydrogens (tertiary/aromatic N) is 1. The lowest BCUT2D eigenvalue weighted by Gasteiger charge is -2.32. The second-order valence-electron chi connectivity index (χ2n) is 4.88. The van der Waals surface area contributed by atoms with Crippen molar-refractivity contribution < 1.29 is 19.1 Å². The third-order valence-electron chi connectivity index (χ3n) is 3.43. The molecule has 1 atom stereocenters. The van der Waals surface area contributed by atoms with Gasteiger partial charge in [0, 0.05) is 22.7 Å². The van der Waals surface area contributed by atoms with Crippen LogP contribution in [-0.4, -0.2) is 34.5 Å². The third kappa shape index (κ3) is 3.91. The van der Waals surface area contributed by atoms with Crippen molar-refractivity contribution in [3.05, 3.63) is 40.1 Å². The minimum Gasteiger partial charge on any atom is -0.480 e. The van der Waals surface area contributed by atoms with Crippen LogP contribution in [-0.2, 0) is 9.59 Å². The number of benzene rings is 1. The number of carboxylic acids is 1. The van der Waals surface area contributed by atoms with Gasteiger partial charge in [-0.3, -0.25) is 4.79 Å². The molecular weight excluding hydrogens is 341 g/mol. The summed E-state index contributed by atoms with van der Waals surface area (Å²) in [5.74, 6) is -1.83. The lowest BCUT2D eigenvalue weighted by atomic mass is 10.0. The summed E-state index contributed by atoms with van der Waals surface area (Å²) in [4.78, 5) is 24.6. The van der Waals surface area contributed by atoms with Crippen LogP contribution in [0.5, 0.6) is 0 Å². The van der Waals surface area contributed by atoms with Crippen molar-refractivity contribution in [3.8, 4) is 0 Å². The lowest BCUT2D eigenvalue weighted by molar-refractivity contribution is -0.150. The van der Waals surface area contributed by atoms with Gasteiger partial charge in [0.25, 0.3) is 0 Å². The van der Waals surface area contributed by atoms with Crippen LogP contribution in [0.3, 0.4) is 0 Å². The fraction of sp³-hybridized carbons (Fsp3) is 0.333. The van der Waals surface area contributed by atoms with Gasteiger partial charge >= 0.3 is 5.97 Å². The maximum atomic E-state index is 13.6. The fourth-order valence-electron chi connectivity index (χ4n) is 2.35. The molecule has 1 amide bonds. The molecule has 0 bridgehead atoms. The Kier molecular flexibility index (Phi) is 5.12. The zero-order chi connectivity index (χ0) is 15.4. The van der Waals surface area contributed by atoms with Crippen LogP contribution in [0, 0.1) is 5.82 Å². The first-order valence-electron chi connectivity index (χ1n) is 6.65. The Bertz CT molecular complexity index is 588. The van der Waals surface area contributed by atoms with Crippen LogP contribution in [0.1, 0.15) is 24.8 Å². The zero-order valence-electron chi connectivity index (χ0n) is 11.3. The van der Waals surface area contributed by atoms with Gasteiger partial charge in [-0.1, -0.05) is 15.9 Å². The normalized spacial score (nSPS) is 19.0. The first-order valence-corrected chi connectivity index (χ1v) is 7.45. The van der Waals surface area contributed by atoms with E-state index in [-0.39, 0.29) is 5.56 Å². The summed E-state index contributed by atoms with van der Waals surface area (Å²) in [5, 5.41) is 9.14. The van der Waals surface area contributed by atoms with Crippen molar-refractivity contribution in [2.75, 3.05) is 6.54 Å². The summed E-state index contributed by atoms with van der Waals surface area (Å²) in [6.45, 7) is 0.418. The van der Waals surface area contributed by atoms with Crippen LogP contribution in [0.25, 0.3) is 6.08 Å². The Labute approximate surface area is 130 Å². The average Bonchev–Trinajstić information content (AvgIpc) is 2.47. The Morgan fingerprint density at radius 1 is 1.38 bits per heavy atom. The minimum atomic E-state index is -0.995. The summed E-state index contributed by atoms with van der Waals surface area (Å²) < 4.78 is 14.3. The molecule has 1 aromatic carbocycles. The Hall–Kier alpha value is -1.69. The molecule has 4 nitrogen and oxygen atoms in total. The maximum Gasteiger partial charge on any atom is 0.326 e. The molecule has 6 heteroatoms. The third-order valence-corrected chi connectivity index (χ3v) is 3.93. The standard InChI is InChI=1S/C15H15BrFNO3/c16-11-5-6-12(17)10(9-11)4-7-14(19)18-8-2-1-3-13(18)15(20)21/h4-7,9,13H,1-3,8H2,(H,20,21)/b7-4+. The molecule has 1 saturated heterocycles. The predicted molar refractivity (Wildman–Crippen MR) is 80.1 cm³/mol. The largest absolute Gasteiger partial charge is 0.480 e. The highest BCUT2D eigenvalue weighted by molar-refractivity contribution is 9.10. The van der Waals surface area contributed by atoms with Crippen molar-refractivity contribution in [2.45, 2.75) is 25.3 Å². The van der Waals surface area contributed by atoms with E-state index in [1.165, 1.54) is 23.1 Å². The van der Waals surface area contributed by atoms with Crippen molar-refractivity contribution in [1.29, 1.82) is 0 Å². The fourth-order valence-corrected chi connectivity index (χ4v) is 2.73.